The summed E-state index contributed by atoms with van der Waals surface area (Å²) in [4.78, 5) is 12.5. The molecule has 0 unspecified atom stereocenters. The first-order valence-corrected chi connectivity index (χ1v) is 15.9. The number of carbonyl (C=O) groups is 1. The standard InChI is InChI=1S/C33H46N2O4S.BrH/c1-3-4-5-6-7-8-9-10-11-12-13-14-21-38-32-24-30(18-19-31(32)37-2)39-26-33(36)34-29-17-15-16-28(23-29)25-35-20-22-40-27-35;/h15-20,22-24,27H,3-14,21,25-26H2,1-2H3;1H. The molecule has 1 N–H and O–H groups in total. The number of ether oxygens (including phenoxy) is 3. The summed E-state index contributed by atoms with van der Waals surface area (Å²) in [6.45, 7) is 3.58. The molecule has 0 radical (unpaired) electrons. The molecule has 0 aliphatic carbocycles. The van der Waals surface area contributed by atoms with E-state index in [1.54, 1.807) is 30.6 Å². The Balaban J connectivity index is 0.00000588. The van der Waals surface area contributed by atoms with E-state index in [0.29, 0.717) is 23.9 Å². The lowest BCUT2D eigenvalue weighted by atomic mass is 10.1. The Kier molecular flexibility index (Phi) is 17.9. The third kappa shape index (κ3) is 14.2. The van der Waals surface area contributed by atoms with E-state index in [-0.39, 0.29) is 29.5 Å². The molecule has 0 saturated carbocycles. The lowest BCUT2D eigenvalue weighted by molar-refractivity contribution is -0.683. The van der Waals surface area contributed by atoms with E-state index < -0.39 is 0 Å². The predicted octanol–water partition coefficient (Wildman–Crippen LogP) is 5.19. The normalized spacial score (nSPS) is 10.6. The van der Waals surface area contributed by atoms with Crippen molar-refractivity contribution in [2.24, 2.45) is 0 Å². The van der Waals surface area contributed by atoms with Gasteiger partial charge in [0.15, 0.2) is 30.8 Å². The molecule has 0 spiro atoms. The maximum absolute atomic E-state index is 12.5. The van der Waals surface area contributed by atoms with Crippen molar-refractivity contribution in [1.82, 2.24) is 0 Å². The van der Waals surface area contributed by atoms with Crippen LogP contribution in [0.5, 0.6) is 17.2 Å². The largest absolute Gasteiger partial charge is 1.00 e. The molecule has 2 aromatic carbocycles. The van der Waals surface area contributed by atoms with Crippen molar-refractivity contribution < 1.29 is 40.6 Å². The van der Waals surface area contributed by atoms with Crippen molar-refractivity contribution in [3.05, 3.63) is 65.1 Å². The zero-order valence-electron chi connectivity index (χ0n) is 24.7. The lowest BCUT2D eigenvalue weighted by Gasteiger charge is -2.13. The fraction of sp³-hybridized carbons (Fsp3) is 0.515. The number of rotatable bonds is 21. The molecule has 8 heteroatoms. The first kappa shape index (κ1) is 34.6. The van der Waals surface area contributed by atoms with Crippen molar-refractivity contribution in [2.45, 2.75) is 90.5 Å². The molecule has 0 fully saturated rings. The Bertz CT molecular complexity index is 1110. The molecule has 41 heavy (non-hydrogen) atoms. The van der Waals surface area contributed by atoms with Gasteiger partial charge in [0.25, 0.3) is 5.91 Å². The van der Waals surface area contributed by atoms with Gasteiger partial charge >= 0.3 is 0 Å². The highest BCUT2D eigenvalue weighted by molar-refractivity contribution is 7.07. The minimum absolute atomic E-state index is 0. The van der Waals surface area contributed by atoms with Gasteiger partial charge < -0.3 is 36.5 Å². The van der Waals surface area contributed by atoms with Crippen molar-refractivity contribution in [3.8, 4) is 17.2 Å². The number of carbonyl (C=O) groups excluding carboxylic acids is 1. The van der Waals surface area contributed by atoms with Gasteiger partial charge in [-0.25, -0.2) is 0 Å². The number of anilines is 1. The van der Waals surface area contributed by atoms with Gasteiger partial charge in [0.1, 0.15) is 5.75 Å². The van der Waals surface area contributed by atoms with Gasteiger partial charge in [-0.1, -0.05) is 101 Å². The second-order valence-corrected chi connectivity index (χ2v) is 11.0. The summed E-state index contributed by atoms with van der Waals surface area (Å²) in [6.07, 6.45) is 17.8. The van der Waals surface area contributed by atoms with Gasteiger partial charge in [0.05, 0.1) is 19.1 Å². The quantitative estimate of drug-likeness (QED) is 0.128. The highest BCUT2D eigenvalue weighted by Gasteiger charge is 2.10. The van der Waals surface area contributed by atoms with Crippen molar-refractivity contribution in [2.75, 3.05) is 25.6 Å². The average molecular weight is 648 g/mol. The number of methoxy groups -OCH3 is 1. The van der Waals surface area contributed by atoms with Gasteiger partial charge in [-0.2, -0.15) is 4.57 Å². The van der Waals surface area contributed by atoms with Crippen LogP contribution in [0, 0.1) is 0 Å². The van der Waals surface area contributed by atoms with Gasteiger partial charge in [0, 0.05) is 17.3 Å². The first-order valence-electron chi connectivity index (χ1n) is 14.9. The Morgan fingerprint density at radius 1 is 0.854 bits per heavy atom. The number of nitrogens with one attached hydrogen (secondary N) is 1. The van der Waals surface area contributed by atoms with E-state index in [2.05, 4.69) is 22.3 Å². The van der Waals surface area contributed by atoms with Crippen LogP contribution in [0.1, 0.15) is 89.5 Å². The second-order valence-electron chi connectivity index (χ2n) is 10.3. The average Bonchev–Trinajstić information content (AvgIpc) is 3.47. The van der Waals surface area contributed by atoms with Gasteiger partial charge in [-0.05, 0) is 30.7 Å². The third-order valence-corrected chi connectivity index (χ3v) is 7.53. The second kappa shape index (κ2) is 21.2. The minimum Gasteiger partial charge on any atom is -1.00 e. The monoisotopic (exact) mass is 646 g/mol. The number of amides is 1. The number of nitrogens with zero attached hydrogens (tertiary/aromatic N) is 1. The highest BCUT2D eigenvalue weighted by atomic mass is 79.9. The Morgan fingerprint density at radius 3 is 2.22 bits per heavy atom. The van der Waals surface area contributed by atoms with Crippen LogP contribution in [-0.4, -0.2) is 26.2 Å². The van der Waals surface area contributed by atoms with Crippen molar-refractivity contribution in [3.63, 3.8) is 0 Å². The Morgan fingerprint density at radius 2 is 1.56 bits per heavy atom. The maximum Gasteiger partial charge on any atom is 0.262 e. The maximum atomic E-state index is 12.5. The van der Waals surface area contributed by atoms with E-state index in [4.69, 9.17) is 14.2 Å². The smallest absolute Gasteiger partial charge is 0.262 e. The van der Waals surface area contributed by atoms with Crippen molar-refractivity contribution in [1.29, 1.82) is 0 Å². The molecule has 0 aliphatic rings. The number of thiazole rings is 1. The van der Waals surface area contributed by atoms with E-state index in [9.17, 15) is 4.79 Å². The summed E-state index contributed by atoms with van der Waals surface area (Å²) in [5.74, 6) is 1.66. The molecule has 0 aliphatic heterocycles. The summed E-state index contributed by atoms with van der Waals surface area (Å²) in [7, 11) is 1.63. The summed E-state index contributed by atoms with van der Waals surface area (Å²) < 4.78 is 19.3. The number of aromatic nitrogens is 1. The first-order chi connectivity index (χ1) is 19.7. The van der Waals surface area contributed by atoms with E-state index in [1.165, 1.54) is 70.6 Å². The van der Waals surface area contributed by atoms with E-state index in [1.807, 2.05) is 41.9 Å². The zero-order valence-corrected chi connectivity index (χ0v) is 27.1. The molecule has 3 rings (SSSR count). The van der Waals surface area contributed by atoms with Crippen LogP contribution < -0.4 is 41.1 Å². The van der Waals surface area contributed by atoms with E-state index in [0.717, 1.165) is 24.2 Å². The molecule has 1 heterocycles. The Labute approximate surface area is 261 Å². The number of halogens is 1. The number of hydrogen-bond acceptors (Lipinski definition) is 5. The topological polar surface area (TPSA) is 60.7 Å². The Hall–Kier alpha value is -2.58. The van der Waals surface area contributed by atoms with Crippen LogP contribution in [0.3, 0.4) is 0 Å². The molecule has 0 atom stereocenters. The molecular weight excluding hydrogens is 600 g/mol. The fourth-order valence-electron chi connectivity index (χ4n) is 4.64. The molecule has 1 amide bonds. The molecule has 0 bridgehead atoms. The number of unbranched alkanes of at least 4 members (excludes halogenated alkanes) is 11. The predicted molar refractivity (Wildman–Crippen MR) is 164 cm³/mol. The van der Waals surface area contributed by atoms with Gasteiger partial charge in [0.2, 0.25) is 5.51 Å². The molecule has 6 nitrogen and oxygen atoms in total. The molecule has 1 aromatic heterocycles. The fourth-order valence-corrected chi connectivity index (χ4v) is 5.24. The van der Waals surface area contributed by atoms with Crippen molar-refractivity contribution >= 4 is 22.9 Å². The molecule has 3 aromatic rings. The summed E-state index contributed by atoms with van der Waals surface area (Å²) in [5.41, 5.74) is 3.93. The molecule has 226 valence electrons. The third-order valence-electron chi connectivity index (χ3n) is 6.86. The van der Waals surface area contributed by atoms with Crippen LogP contribution in [0.2, 0.25) is 0 Å². The minimum atomic E-state index is -0.213. The summed E-state index contributed by atoms with van der Waals surface area (Å²) >= 11 is 1.65. The van der Waals surface area contributed by atoms with Gasteiger partial charge in [-0.3, -0.25) is 4.79 Å². The highest BCUT2D eigenvalue weighted by Crippen LogP contribution is 2.31. The summed E-state index contributed by atoms with van der Waals surface area (Å²) in [5, 5.41) is 4.96. The van der Waals surface area contributed by atoms with Crippen LogP contribution in [0.25, 0.3) is 0 Å². The molecule has 0 saturated heterocycles. The van der Waals surface area contributed by atoms with Crippen LogP contribution in [-0.2, 0) is 11.3 Å². The molecular formula is C33H47BrN2O4S. The van der Waals surface area contributed by atoms with E-state index >= 15 is 0 Å². The van der Waals surface area contributed by atoms with Crippen LogP contribution in [0.15, 0.2) is 59.6 Å². The number of hydrogen-bond donors (Lipinski definition) is 1. The zero-order chi connectivity index (χ0) is 28.3. The SMILES string of the molecule is CCCCCCCCCCCCCCOc1cc(OCC(=O)Nc2cccc(C[n+]3ccsc3)c2)ccc1OC.[Br-]. The van der Waals surface area contributed by atoms with Crippen LogP contribution in [0.4, 0.5) is 5.69 Å². The lowest BCUT2D eigenvalue weighted by Crippen LogP contribution is -3.00. The van der Waals surface area contributed by atoms with Gasteiger partial charge in [-0.15, -0.1) is 0 Å². The number of benzene rings is 2. The van der Waals surface area contributed by atoms with Crippen LogP contribution >= 0.6 is 11.3 Å². The summed E-state index contributed by atoms with van der Waals surface area (Å²) in [6, 6.07) is 13.3.